The Bertz CT molecular complexity index is 514. The molecule has 0 spiro atoms. The predicted molar refractivity (Wildman–Crippen MR) is 78.2 cm³/mol. The highest BCUT2D eigenvalue weighted by molar-refractivity contribution is 7.89. The maximum atomic E-state index is 12.2. The fourth-order valence-corrected chi connectivity index (χ4v) is 3.09. The third kappa shape index (κ3) is 4.77. The van der Waals surface area contributed by atoms with Crippen LogP contribution in [-0.4, -0.2) is 27.2 Å². The van der Waals surface area contributed by atoms with Gasteiger partial charge in [0.25, 0.3) is 0 Å². The highest BCUT2D eigenvalue weighted by Crippen LogP contribution is 2.24. The van der Waals surface area contributed by atoms with Crippen molar-refractivity contribution in [3.8, 4) is 5.75 Å². The summed E-state index contributed by atoms with van der Waals surface area (Å²) in [5.74, 6) is 0.248. The quantitative estimate of drug-likeness (QED) is 0.684. The zero-order valence-corrected chi connectivity index (χ0v) is 12.9. The topological polar surface area (TPSA) is 75.6 Å². The van der Waals surface area contributed by atoms with Gasteiger partial charge >= 0.3 is 0 Å². The van der Waals surface area contributed by atoms with Crippen LogP contribution in [0, 0.1) is 0 Å². The van der Waals surface area contributed by atoms with Crippen molar-refractivity contribution in [2.24, 2.45) is 0 Å². The van der Waals surface area contributed by atoms with Crippen LogP contribution in [0.5, 0.6) is 5.75 Å². The van der Waals surface area contributed by atoms with Crippen molar-refractivity contribution in [2.45, 2.75) is 44.1 Å². The molecular weight excluding hydrogens is 278 g/mol. The Morgan fingerprint density at radius 3 is 2.60 bits per heavy atom. The van der Waals surface area contributed by atoms with Crippen molar-refractivity contribution >= 4 is 10.0 Å². The van der Waals surface area contributed by atoms with Gasteiger partial charge in [-0.1, -0.05) is 32.3 Å². The summed E-state index contributed by atoms with van der Waals surface area (Å²) in [7, 11) is -2.16. The van der Waals surface area contributed by atoms with Gasteiger partial charge in [-0.15, -0.1) is 0 Å². The summed E-state index contributed by atoms with van der Waals surface area (Å²) < 4.78 is 32.0. The number of aliphatic hydroxyl groups excluding tert-OH is 1. The van der Waals surface area contributed by atoms with Crippen LogP contribution in [0.25, 0.3) is 0 Å². The molecule has 0 radical (unpaired) electrons. The molecule has 2 N–H and O–H groups in total. The predicted octanol–water partition coefficient (Wildman–Crippen LogP) is 2.05. The van der Waals surface area contributed by atoms with Crippen LogP contribution in [0.2, 0.25) is 0 Å². The highest BCUT2D eigenvalue weighted by Gasteiger charge is 2.19. The second kappa shape index (κ2) is 8.24. The molecule has 1 aromatic rings. The zero-order chi connectivity index (χ0) is 15.0. The number of sulfonamides is 1. The average Bonchev–Trinajstić information content (AvgIpc) is 2.46. The normalized spacial score (nSPS) is 11.6. The third-order valence-corrected chi connectivity index (χ3v) is 4.52. The lowest BCUT2D eigenvalue weighted by Gasteiger charge is -2.11. The molecule has 0 bridgehead atoms. The van der Waals surface area contributed by atoms with Crippen LogP contribution in [0.1, 0.15) is 38.2 Å². The summed E-state index contributed by atoms with van der Waals surface area (Å²) in [4.78, 5) is 0.104. The van der Waals surface area contributed by atoms with Gasteiger partial charge in [-0.3, -0.25) is 0 Å². The first-order chi connectivity index (χ1) is 9.55. The molecule has 0 aliphatic carbocycles. The van der Waals surface area contributed by atoms with E-state index in [4.69, 9.17) is 9.84 Å². The first-order valence-corrected chi connectivity index (χ1v) is 8.31. The van der Waals surface area contributed by atoms with Crippen molar-refractivity contribution in [2.75, 3.05) is 13.7 Å². The fourth-order valence-electron chi connectivity index (χ4n) is 1.87. The monoisotopic (exact) mass is 301 g/mol. The molecule has 6 heteroatoms. The lowest BCUT2D eigenvalue weighted by atomic mass is 10.2. The van der Waals surface area contributed by atoms with E-state index in [0.717, 1.165) is 25.7 Å². The first-order valence-electron chi connectivity index (χ1n) is 6.82. The van der Waals surface area contributed by atoms with E-state index in [1.807, 2.05) is 0 Å². The lowest BCUT2D eigenvalue weighted by molar-refractivity contribution is 0.280. The molecule has 1 aromatic carbocycles. The Morgan fingerprint density at radius 1 is 1.25 bits per heavy atom. The van der Waals surface area contributed by atoms with E-state index < -0.39 is 10.0 Å². The molecule has 114 valence electrons. The van der Waals surface area contributed by atoms with Gasteiger partial charge in [-0.25, -0.2) is 13.1 Å². The number of benzene rings is 1. The molecular formula is C14H23NO4S. The summed E-state index contributed by atoms with van der Waals surface area (Å²) in [5, 5.41) is 9.05. The van der Waals surface area contributed by atoms with Crippen molar-refractivity contribution < 1.29 is 18.3 Å². The fraction of sp³-hybridized carbons (Fsp3) is 0.571. The molecule has 0 atom stereocenters. The van der Waals surface area contributed by atoms with E-state index in [2.05, 4.69) is 11.6 Å². The molecule has 5 nitrogen and oxygen atoms in total. The Labute approximate surface area is 121 Å². The summed E-state index contributed by atoms with van der Waals surface area (Å²) in [6.07, 6.45) is 4.06. The van der Waals surface area contributed by atoms with Crippen molar-refractivity contribution in [3.05, 3.63) is 23.8 Å². The third-order valence-electron chi connectivity index (χ3n) is 3.02. The number of unbranched alkanes of at least 4 members (excludes halogenated alkanes) is 3. The highest BCUT2D eigenvalue weighted by atomic mass is 32.2. The molecule has 0 aromatic heterocycles. The minimum atomic E-state index is -3.57. The molecule has 0 amide bonds. The molecule has 0 saturated carbocycles. The second-order valence-corrected chi connectivity index (χ2v) is 6.34. The minimum Gasteiger partial charge on any atom is -0.495 e. The van der Waals surface area contributed by atoms with Gasteiger partial charge in [0.2, 0.25) is 10.0 Å². The smallest absolute Gasteiger partial charge is 0.244 e. The van der Waals surface area contributed by atoms with Gasteiger partial charge in [0.05, 0.1) is 13.7 Å². The van der Waals surface area contributed by atoms with Crippen molar-refractivity contribution in [1.29, 1.82) is 0 Å². The minimum absolute atomic E-state index is 0.104. The number of hydrogen-bond acceptors (Lipinski definition) is 4. The number of methoxy groups -OCH3 is 1. The summed E-state index contributed by atoms with van der Waals surface area (Å²) in [6.45, 7) is 2.38. The lowest BCUT2D eigenvalue weighted by Crippen LogP contribution is -2.25. The van der Waals surface area contributed by atoms with Gasteiger partial charge in [0, 0.05) is 6.54 Å². The number of rotatable bonds is 9. The standard InChI is InChI=1S/C14H23NO4S/c1-3-4-5-6-9-15-20(17,18)14-8-7-12(11-16)10-13(14)19-2/h7-8,10,15-16H,3-6,9,11H2,1-2H3. The van der Waals surface area contributed by atoms with Gasteiger partial charge < -0.3 is 9.84 Å². The molecule has 0 heterocycles. The summed E-state index contributed by atoms with van der Waals surface area (Å²) in [6, 6.07) is 4.57. The first kappa shape index (κ1) is 16.9. The molecule has 20 heavy (non-hydrogen) atoms. The van der Waals surface area contributed by atoms with Crippen LogP contribution in [-0.2, 0) is 16.6 Å². The van der Waals surface area contributed by atoms with E-state index >= 15 is 0 Å². The Kier molecular flexibility index (Phi) is 6.98. The van der Waals surface area contributed by atoms with Crippen molar-refractivity contribution in [1.82, 2.24) is 4.72 Å². The second-order valence-electron chi connectivity index (χ2n) is 4.60. The Balaban J connectivity index is 2.76. The largest absolute Gasteiger partial charge is 0.495 e. The van der Waals surface area contributed by atoms with E-state index in [1.165, 1.54) is 19.2 Å². The molecule has 0 fully saturated rings. The van der Waals surface area contributed by atoms with Crippen LogP contribution < -0.4 is 9.46 Å². The Morgan fingerprint density at radius 2 is 2.00 bits per heavy atom. The molecule has 0 unspecified atom stereocenters. The maximum absolute atomic E-state index is 12.2. The SMILES string of the molecule is CCCCCCNS(=O)(=O)c1ccc(CO)cc1OC. The van der Waals surface area contributed by atoms with E-state index in [0.29, 0.717) is 12.1 Å². The summed E-state index contributed by atoms with van der Waals surface area (Å²) in [5.41, 5.74) is 0.615. The number of hydrogen-bond donors (Lipinski definition) is 2. The Hall–Kier alpha value is -1.11. The van der Waals surface area contributed by atoms with Gasteiger partial charge in [-0.2, -0.15) is 0 Å². The van der Waals surface area contributed by atoms with Crippen LogP contribution in [0.3, 0.4) is 0 Å². The van der Waals surface area contributed by atoms with Gasteiger partial charge in [0.1, 0.15) is 10.6 Å². The van der Waals surface area contributed by atoms with E-state index in [-0.39, 0.29) is 17.3 Å². The zero-order valence-electron chi connectivity index (χ0n) is 12.1. The number of ether oxygens (including phenoxy) is 1. The van der Waals surface area contributed by atoms with E-state index in [1.54, 1.807) is 6.07 Å². The van der Waals surface area contributed by atoms with Crippen LogP contribution in [0.15, 0.2) is 23.1 Å². The number of nitrogens with one attached hydrogen (secondary N) is 1. The maximum Gasteiger partial charge on any atom is 0.244 e. The molecule has 0 aliphatic rings. The van der Waals surface area contributed by atoms with Crippen molar-refractivity contribution in [3.63, 3.8) is 0 Å². The summed E-state index contributed by atoms with van der Waals surface area (Å²) >= 11 is 0. The van der Waals surface area contributed by atoms with Crippen LogP contribution in [0.4, 0.5) is 0 Å². The molecule has 1 rings (SSSR count). The van der Waals surface area contributed by atoms with Gasteiger partial charge in [0.15, 0.2) is 0 Å². The van der Waals surface area contributed by atoms with Gasteiger partial charge in [-0.05, 0) is 24.1 Å². The van der Waals surface area contributed by atoms with Crippen LogP contribution >= 0.6 is 0 Å². The van der Waals surface area contributed by atoms with E-state index in [9.17, 15) is 8.42 Å². The number of aliphatic hydroxyl groups is 1. The average molecular weight is 301 g/mol. The molecule has 0 saturated heterocycles. The molecule has 0 aliphatic heterocycles.